The van der Waals surface area contributed by atoms with E-state index in [1.807, 2.05) is 48.3 Å². The first-order valence-corrected chi connectivity index (χ1v) is 10.8. The fourth-order valence-corrected chi connectivity index (χ4v) is 4.12. The molecule has 1 amide bonds. The second kappa shape index (κ2) is 9.56. The van der Waals surface area contributed by atoms with Gasteiger partial charge >= 0.3 is 0 Å². The minimum Gasteiger partial charge on any atom is -0.386 e. The third kappa shape index (κ3) is 4.82. The summed E-state index contributed by atoms with van der Waals surface area (Å²) in [5.41, 5.74) is 5.53. The fourth-order valence-electron chi connectivity index (χ4n) is 4.12. The molecule has 3 aromatic rings. The molecule has 1 aliphatic heterocycles. The van der Waals surface area contributed by atoms with Crippen molar-refractivity contribution >= 4 is 23.0 Å². The summed E-state index contributed by atoms with van der Waals surface area (Å²) in [7, 11) is 4.09. The number of rotatable bonds is 6. The second-order valence-electron chi connectivity index (χ2n) is 7.94. The van der Waals surface area contributed by atoms with Gasteiger partial charge in [-0.2, -0.15) is 0 Å². The van der Waals surface area contributed by atoms with Gasteiger partial charge in [0.2, 0.25) is 0 Å². The molecular formula is C26H30N4O. The highest BCUT2D eigenvalue weighted by Gasteiger charge is 2.23. The Morgan fingerprint density at radius 1 is 0.903 bits per heavy atom. The van der Waals surface area contributed by atoms with E-state index >= 15 is 0 Å². The molecule has 31 heavy (non-hydrogen) atoms. The molecule has 4 rings (SSSR count). The lowest BCUT2D eigenvalue weighted by Crippen LogP contribution is -2.48. The Hall–Kier alpha value is -3.47. The van der Waals surface area contributed by atoms with Crippen LogP contribution >= 0.6 is 0 Å². The lowest BCUT2D eigenvalue weighted by atomic mass is 10.1. The Kier molecular flexibility index (Phi) is 6.41. The van der Waals surface area contributed by atoms with E-state index in [4.69, 9.17) is 0 Å². The number of carbonyl (C=O) groups is 1. The van der Waals surface area contributed by atoms with Crippen molar-refractivity contribution < 1.29 is 4.79 Å². The van der Waals surface area contributed by atoms with E-state index in [1.54, 1.807) is 0 Å². The smallest absolute Gasteiger partial charge is 0.253 e. The van der Waals surface area contributed by atoms with Gasteiger partial charge in [-0.25, -0.2) is 0 Å². The standard InChI is InChI=1S/C26H30N4O/c1-27-24-14-13-23(19-25(24)28(2)20-21-9-5-3-6-10-21)29-15-17-30(18-16-29)26(31)22-11-7-4-8-12-22/h3-14,19,27H,15-18,20H2,1-2H3. The van der Waals surface area contributed by atoms with Crippen LogP contribution in [-0.4, -0.2) is 51.1 Å². The largest absolute Gasteiger partial charge is 0.386 e. The van der Waals surface area contributed by atoms with Crippen molar-refractivity contribution in [3.63, 3.8) is 0 Å². The number of hydrogen-bond donors (Lipinski definition) is 1. The van der Waals surface area contributed by atoms with Crippen molar-refractivity contribution in [2.75, 3.05) is 55.4 Å². The zero-order chi connectivity index (χ0) is 21.6. The van der Waals surface area contributed by atoms with Gasteiger partial charge in [0.15, 0.2) is 0 Å². The van der Waals surface area contributed by atoms with Crippen molar-refractivity contribution in [3.8, 4) is 0 Å². The van der Waals surface area contributed by atoms with Crippen LogP contribution in [0.1, 0.15) is 15.9 Å². The molecule has 0 aliphatic carbocycles. The number of nitrogens with zero attached hydrogens (tertiary/aromatic N) is 3. The first-order chi connectivity index (χ1) is 15.2. The normalized spacial score (nSPS) is 13.7. The van der Waals surface area contributed by atoms with E-state index < -0.39 is 0 Å². The molecule has 0 spiro atoms. The van der Waals surface area contributed by atoms with E-state index in [0.29, 0.717) is 0 Å². The summed E-state index contributed by atoms with van der Waals surface area (Å²) in [6, 6.07) is 26.6. The summed E-state index contributed by atoms with van der Waals surface area (Å²) >= 11 is 0. The van der Waals surface area contributed by atoms with E-state index in [-0.39, 0.29) is 5.91 Å². The Morgan fingerprint density at radius 3 is 2.19 bits per heavy atom. The van der Waals surface area contributed by atoms with E-state index in [9.17, 15) is 4.79 Å². The number of nitrogens with one attached hydrogen (secondary N) is 1. The maximum Gasteiger partial charge on any atom is 0.253 e. The molecule has 0 saturated carbocycles. The van der Waals surface area contributed by atoms with E-state index in [2.05, 4.69) is 64.6 Å². The molecule has 1 aliphatic rings. The Labute approximate surface area is 184 Å². The maximum absolute atomic E-state index is 12.7. The molecule has 0 bridgehead atoms. The van der Waals surface area contributed by atoms with Gasteiger partial charge in [-0.3, -0.25) is 4.79 Å². The minimum absolute atomic E-state index is 0.120. The Bertz CT molecular complexity index is 998. The SMILES string of the molecule is CNc1ccc(N2CCN(C(=O)c3ccccc3)CC2)cc1N(C)Cc1ccccc1. The summed E-state index contributed by atoms with van der Waals surface area (Å²) in [4.78, 5) is 19.3. The fraction of sp³-hybridized carbons (Fsp3) is 0.269. The summed E-state index contributed by atoms with van der Waals surface area (Å²) in [5.74, 6) is 0.120. The van der Waals surface area contributed by atoms with Gasteiger partial charge in [0.1, 0.15) is 0 Å². The maximum atomic E-state index is 12.7. The van der Waals surface area contributed by atoms with Crippen LogP contribution in [0.5, 0.6) is 0 Å². The molecule has 160 valence electrons. The lowest BCUT2D eigenvalue weighted by molar-refractivity contribution is 0.0747. The predicted molar refractivity (Wildman–Crippen MR) is 129 cm³/mol. The summed E-state index contributed by atoms with van der Waals surface area (Å²) in [6.45, 7) is 3.98. The van der Waals surface area contributed by atoms with Gasteiger partial charge in [0.25, 0.3) is 5.91 Å². The third-order valence-corrected chi connectivity index (χ3v) is 5.88. The molecule has 0 aromatic heterocycles. The van der Waals surface area contributed by atoms with Crippen LogP contribution in [-0.2, 0) is 6.54 Å². The van der Waals surface area contributed by atoms with Crippen LogP contribution in [0.15, 0.2) is 78.9 Å². The topological polar surface area (TPSA) is 38.8 Å². The van der Waals surface area contributed by atoms with Crippen molar-refractivity contribution in [1.82, 2.24) is 4.90 Å². The molecule has 1 heterocycles. The van der Waals surface area contributed by atoms with Crippen molar-refractivity contribution in [2.24, 2.45) is 0 Å². The highest BCUT2D eigenvalue weighted by atomic mass is 16.2. The van der Waals surface area contributed by atoms with Gasteiger partial charge in [-0.1, -0.05) is 48.5 Å². The number of hydrogen-bond acceptors (Lipinski definition) is 4. The zero-order valence-electron chi connectivity index (χ0n) is 18.3. The molecule has 5 heteroatoms. The number of carbonyl (C=O) groups excluding carboxylic acids is 1. The van der Waals surface area contributed by atoms with Crippen LogP contribution in [0.4, 0.5) is 17.1 Å². The molecule has 0 unspecified atom stereocenters. The monoisotopic (exact) mass is 414 g/mol. The van der Waals surface area contributed by atoms with Crippen molar-refractivity contribution in [3.05, 3.63) is 90.0 Å². The van der Waals surface area contributed by atoms with Crippen molar-refractivity contribution in [1.29, 1.82) is 0 Å². The van der Waals surface area contributed by atoms with E-state index in [1.165, 1.54) is 16.9 Å². The quantitative estimate of drug-likeness (QED) is 0.652. The molecule has 1 saturated heterocycles. The van der Waals surface area contributed by atoms with Gasteiger partial charge in [-0.05, 0) is 35.9 Å². The van der Waals surface area contributed by atoms with Crippen molar-refractivity contribution in [2.45, 2.75) is 6.54 Å². The number of amides is 1. The molecule has 1 N–H and O–H groups in total. The average molecular weight is 415 g/mol. The van der Waals surface area contributed by atoms with Crippen LogP contribution < -0.4 is 15.1 Å². The van der Waals surface area contributed by atoms with Crippen LogP contribution in [0.2, 0.25) is 0 Å². The third-order valence-electron chi connectivity index (χ3n) is 5.88. The molecule has 0 radical (unpaired) electrons. The second-order valence-corrected chi connectivity index (χ2v) is 7.94. The lowest BCUT2D eigenvalue weighted by Gasteiger charge is -2.37. The Balaban J connectivity index is 1.45. The number of anilines is 3. The average Bonchev–Trinajstić information content (AvgIpc) is 2.84. The van der Waals surface area contributed by atoms with Crippen LogP contribution in [0.25, 0.3) is 0 Å². The molecule has 3 aromatic carbocycles. The summed E-state index contributed by atoms with van der Waals surface area (Å²) < 4.78 is 0. The predicted octanol–water partition coefficient (Wildman–Crippen LogP) is 4.33. The highest BCUT2D eigenvalue weighted by molar-refractivity contribution is 5.94. The number of piperazine rings is 1. The first kappa shape index (κ1) is 20.8. The molecule has 5 nitrogen and oxygen atoms in total. The van der Waals surface area contributed by atoms with Gasteiger partial charge in [0.05, 0.1) is 11.4 Å². The summed E-state index contributed by atoms with van der Waals surface area (Å²) in [6.07, 6.45) is 0. The minimum atomic E-state index is 0.120. The van der Waals surface area contributed by atoms with E-state index in [0.717, 1.165) is 44.0 Å². The number of benzene rings is 3. The molecule has 0 atom stereocenters. The van der Waals surface area contributed by atoms with Gasteiger partial charge < -0.3 is 20.0 Å². The molecule has 1 fully saturated rings. The first-order valence-electron chi connectivity index (χ1n) is 10.8. The van der Waals surface area contributed by atoms with Crippen LogP contribution in [0, 0.1) is 0 Å². The Morgan fingerprint density at radius 2 is 1.55 bits per heavy atom. The van der Waals surface area contributed by atoms with Gasteiger partial charge in [0, 0.05) is 58.1 Å². The van der Waals surface area contributed by atoms with Crippen LogP contribution in [0.3, 0.4) is 0 Å². The van der Waals surface area contributed by atoms with Gasteiger partial charge in [-0.15, -0.1) is 0 Å². The summed E-state index contributed by atoms with van der Waals surface area (Å²) in [5, 5.41) is 3.32. The molecular weight excluding hydrogens is 384 g/mol. The highest BCUT2D eigenvalue weighted by Crippen LogP contribution is 2.31. The zero-order valence-corrected chi connectivity index (χ0v) is 18.3.